The van der Waals surface area contributed by atoms with Gasteiger partial charge >= 0.3 is 0 Å². The Labute approximate surface area is 240 Å². The number of halogens is 2. The Morgan fingerprint density at radius 2 is 1.69 bits per heavy atom. The van der Waals surface area contributed by atoms with Crippen LogP contribution in [0.4, 0.5) is 5.69 Å². The van der Waals surface area contributed by atoms with E-state index in [1.54, 1.807) is 31.2 Å². The molecule has 2 aromatic carbocycles. The smallest absolute Gasteiger partial charge is 0.244 e. The number of hydrogen-bond donors (Lipinski definition) is 1. The molecule has 0 aliphatic heterocycles. The molecule has 9 nitrogen and oxygen atoms in total. The Morgan fingerprint density at radius 1 is 1.03 bits per heavy atom. The fourth-order valence-electron chi connectivity index (χ4n) is 4.58. The van der Waals surface area contributed by atoms with Gasteiger partial charge in [-0.25, -0.2) is 8.42 Å². The van der Waals surface area contributed by atoms with Gasteiger partial charge in [0, 0.05) is 28.7 Å². The van der Waals surface area contributed by atoms with Crippen LogP contribution in [0.1, 0.15) is 44.6 Å². The van der Waals surface area contributed by atoms with E-state index in [-0.39, 0.29) is 24.2 Å². The molecule has 1 aliphatic carbocycles. The molecule has 1 fully saturated rings. The van der Waals surface area contributed by atoms with Crippen molar-refractivity contribution in [3.8, 4) is 11.5 Å². The van der Waals surface area contributed by atoms with Crippen LogP contribution >= 0.6 is 23.2 Å². The van der Waals surface area contributed by atoms with Crippen LogP contribution in [-0.4, -0.2) is 64.2 Å². The first-order chi connectivity index (χ1) is 18.4. The molecule has 1 atom stereocenters. The SMILES string of the molecule is COc1ccc(N(CC(=O)N(Cc2ccc(Cl)cc2Cl)[C@H](C)C(=O)NC2CCCCC2)S(C)(=O)=O)cc1OC. The lowest BCUT2D eigenvalue weighted by molar-refractivity contribution is -0.139. The first-order valence-electron chi connectivity index (χ1n) is 12.7. The number of carbonyl (C=O) groups is 2. The third-order valence-electron chi connectivity index (χ3n) is 6.81. The number of anilines is 1. The van der Waals surface area contributed by atoms with Crippen molar-refractivity contribution in [2.75, 3.05) is 31.3 Å². The van der Waals surface area contributed by atoms with Gasteiger partial charge in [0.1, 0.15) is 12.6 Å². The second-order valence-electron chi connectivity index (χ2n) is 9.59. The molecule has 3 rings (SSSR count). The molecule has 2 amide bonds. The molecule has 0 bridgehead atoms. The molecule has 1 N–H and O–H groups in total. The van der Waals surface area contributed by atoms with Crippen molar-refractivity contribution < 1.29 is 27.5 Å². The van der Waals surface area contributed by atoms with Gasteiger partial charge in [-0.3, -0.25) is 13.9 Å². The molecular weight excluding hydrogens is 565 g/mol. The summed E-state index contributed by atoms with van der Waals surface area (Å²) in [5.74, 6) is -0.168. The quantitative estimate of drug-likeness (QED) is 0.403. The summed E-state index contributed by atoms with van der Waals surface area (Å²) >= 11 is 12.4. The monoisotopic (exact) mass is 599 g/mol. The Balaban J connectivity index is 1.93. The summed E-state index contributed by atoms with van der Waals surface area (Å²) in [7, 11) is -1.00. The Hall–Kier alpha value is -2.69. The maximum absolute atomic E-state index is 13.8. The van der Waals surface area contributed by atoms with E-state index in [4.69, 9.17) is 32.7 Å². The number of nitrogens with zero attached hydrogens (tertiary/aromatic N) is 2. The lowest BCUT2D eigenvalue weighted by atomic mass is 9.95. The summed E-state index contributed by atoms with van der Waals surface area (Å²) in [6, 6.07) is 8.59. The van der Waals surface area contributed by atoms with E-state index in [1.165, 1.54) is 31.3 Å². The van der Waals surface area contributed by atoms with Crippen LogP contribution in [0.15, 0.2) is 36.4 Å². The number of amides is 2. The zero-order valence-electron chi connectivity index (χ0n) is 22.6. The van der Waals surface area contributed by atoms with Gasteiger partial charge in [-0.2, -0.15) is 0 Å². The molecule has 0 heterocycles. The largest absolute Gasteiger partial charge is 0.493 e. The minimum Gasteiger partial charge on any atom is -0.493 e. The van der Waals surface area contributed by atoms with Crippen molar-refractivity contribution in [2.45, 2.75) is 57.7 Å². The van der Waals surface area contributed by atoms with Gasteiger partial charge in [0.15, 0.2) is 11.5 Å². The predicted octanol–water partition coefficient (Wildman–Crippen LogP) is 4.64. The van der Waals surface area contributed by atoms with Crippen LogP contribution in [0.2, 0.25) is 10.0 Å². The number of methoxy groups -OCH3 is 2. The van der Waals surface area contributed by atoms with Gasteiger partial charge in [-0.05, 0) is 49.6 Å². The molecule has 2 aromatic rings. The molecule has 0 radical (unpaired) electrons. The number of sulfonamides is 1. The highest BCUT2D eigenvalue weighted by atomic mass is 35.5. The van der Waals surface area contributed by atoms with Crippen molar-refractivity contribution in [3.05, 3.63) is 52.0 Å². The van der Waals surface area contributed by atoms with E-state index in [9.17, 15) is 18.0 Å². The van der Waals surface area contributed by atoms with E-state index in [1.807, 2.05) is 0 Å². The minimum absolute atomic E-state index is 0.0162. The van der Waals surface area contributed by atoms with Gasteiger partial charge in [0.2, 0.25) is 21.8 Å². The summed E-state index contributed by atoms with van der Waals surface area (Å²) in [6.07, 6.45) is 6.00. The first kappa shape index (κ1) is 30.8. The van der Waals surface area contributed by atoms with E-state index < -0.39 is 28.5 Å². The highest BCUT2D eigenvalue weighted by Gasteiger charge is 2.32. The molecule has 0 aromatic heterocycles. The van der Waals surface area contributed by atoms with Crippen LogP contribution in [-0.2, 0) is 26.2 Å². The molecule has 39 heavy (non-hydrogen) atoms. The van der Waals surface area contributed by atoms with Crippen molar-refractivity contribution in [2.24, 2.45) is 0 Å². The highest BCUT2D eigenvalue weighted by Crippen LogP contribution is 2.32. The number of hydrogen-bond acceptors (Lipinski definition) is 6. The average molecular weight is 601 g/mol. The molecule has 1 aliphatic rings. The molecule has 0 saturated heterocycles. The number of rotatable bonds is 11. The highest BCUT2D eigenvalue weighted by molar-refractivity contribution is 7.92. The lowest BCUT2D eigenvalue weighted by Crippen LogP contribution is -2.53. The van der Waals surface area contributed by atoms with Crippen molar-refractivity contribution in [1.82, 2.24) is 10.2 Å². The molecule has 214 valence electrons. The number of nitrogens with one attached hydrogen (secondary N) is 1. The lowest BCUT2D eigenvalue weighted by Gasteiger charge is -2.33. The summed E-state index contributed by atoms with van der Waals surface area (Å²) in [5.41, 5.74) is 0.788. The van der Waals surface area contributed by atoms with Gasteiger partial charge < -0.3 is 19.7 Å². The van der Waals surface area contributed by atoms with Crippen molar-refractivity contribution in [3.63, 3.8) is 0 Å². The zero-order chi connectivity index (χ0) is 28.7. The second-order valence-corrected chi connectivity index (χ2v) is 12.3. The van der Waals surface area contributed by atoms with Crippen LogP contribution in [0.3, 0.4) is 0 Å². The minimum atomic E-state index is -3.90. The fraction of sp³-hybridized carbons (Fsp3) is 0.481. The first-order valence-corrected chi connectivity index (χ1v) is 15.3. The van der Waals surface area contributed by atoms with Crippen LogP contribution < -0.4 is 19.1 Å². The molecule has 1 saturated carbocycles. The van der Waals surface area contributed by atoms with Gasteiger partial charge in [-0.1, -0.05) is 48.5 Å². The van der Waals surface area contributed by atoms with Crippen LogP contribution in [0, 0.1) is 0 Å². The third-order valence-corrected chi connectivity index (χ3v) is 8.54. The van der Waals surface area contributed by atoms with Gasteiger partial charge in [0.25, 0.3) is 0 Å². The molecule has 0 unspecified atom stereocenters. The summed E-state index contributed by atoms with van der Waals surface area (Å²) in [6.45, 7) is 1.07. The molecule has 12 heteroatoms. The van der Waals surface area contributed by atoms with Crippen molar-refractivity contribution in [1.29, 1.82) is 0 Å². The number of carbonyl (C=O) groups excluding carboxylic acids is 2. The Bertz CT molecular complexity index is 1280. The van der Waals surface area contributed by atoms with E-state index >= 15 is 0 Å². The third kappa shape index (κ3) is 8.16. The van der Waals surface area contributed by atoms with E-state index in [0.717, 1.165) is 42.7 Å². The zero-order valence-corrected chi connectivity index (χ0v) is 24.9. The normalized spacial score (nSPS) is 14.8. The topological polar surface area (TPSA) is 105 Å². The predicted molar refractivity (Wildman–Crippen MR) is 153 cm³/mol. The second kappa shape index (κ2) is 13.6. The standard InChI is InChI=1S/C27H35Cl2N3O6S/c1-18(27(34)30-21-8-6-5-7-9-21)31(16-19-10-11-20(28)14-23(19)29)26(33)17-32(39(4,35)36)22-12-13-24(37-2)25(15-22)38-3/h10-15,18,21H,5-9,16-17H2,1-4H3,(H,30,34)/t18-/m1/s1. The number of benzene rings is 2. The Morgan fingerprint density at radius 3 is 2.28 bits per heavy atom. The maximum atomic E-state index is 13.8. The van der Waals surface area contributed by atoms with Gasteiger partial charge in [-0.15, -0.1) is 0 Å². The van der Waals surface area contributed by atoms with E-state index in [2.05, 4.69) is 5.32 Å². The van der Waals surface area contributed by atoms with Crippen LogP contribution in [0.5, 0.6) is 11.5 Å². The summed E-state index contributed by atoms with van der Waals surface area (Å²) in [4.78, 5) is 28.4. The average Bonchev–Trinajstić information content (AvgIpc) is 2.90. The summed E-state index contributed by atoms with van der Waals surface area (Å²) < 4.78 is 37.2. The maximum Gasteiger partial charge on any atom is 0.244 e. The fourth-order valence-corrected chi connectivity index (χ4v) is 5.89. The van der Waals surface area contributed by atoms with Crippen molar-refractivity contribution >= 4 is 50.7 Å². The van der Waals surface area contributed by atoms with E-state index in [0.29, 0.717) is 27.1 Å². The van der Waals surface area contributed by atoms with Crippen LogP contribution in [0.25, 0.3) is 0 Å². The Kier molecular flexibility index (Phi) is 10.7. The number of ether oxygens (including phenoxy) is 2. The summed E-state index contributed by atoms with van der Waals surface area (Å²) in [5, 5.41) is 3.82. The molecule has 0 spiro atoms. The molecular formula is C27H35Cl2N3O6S. The van der Waals surface area contributed by atoms with Gasteiger partial charge in [0.05, 0.1) is 26.2 Å².